The van der Waals surface area contributed by atoms with Crippen molar-refractivity contribution in [2.75, 3.05) is 0 Å². The molecule has 0 radical (unpaired) electrons. The van der Waals surface area contributed by atoms with E-state index in [0.29, 0.717) is 41.9 Å². The summed E-state index contributed by atoms with van der Waals surface area (Å²) in [6.07, 6.45) is 8.91. The van der Waals surface area contributed by atoms with Gasteiger partial charge in [-0.1, -0.05) is 20.8 Å². The highest BCUT2D eigenvalue weighted by molar-refractivity contribution is 5.64. The van der Waals surface area contributed by atoms with Crippen LogP contribution in [0.2, 0.25) is 0 Å². The van der Waals surface area contributed by atoms with E-state index in [2.05, 4.69) is 20.8 Å². The third-order valence-electron chi connectivity index (χ3n) is 10.2. The molecule has 4 nitrogen and oxygen atoms in total. The first-order valence-corrected chi connectivity index (χ1v) is 11.7. The van der Waals surface area contributed by atoms with E-state index in [4.69, 9.17) is 0 Å². The molecule has 0 heterocycles. The third kappa shape index (κ3) is 3.14. The zero-order valence-electron chi connectivity index (χ0n) is 17.9. The number of rotatable bonds is 4. The Labute approximate surface area is 170 Å². The SMILES string of the molecule is C[C@@H](CCC(=O)[O-])[C@H]1CC[C@H]2[C@H]3[C@H](O)C[C@H]4C[C@@H](O)CC[C@]4(C)[C@@H]3CC[C@]12C. The van der Waals surface area contributed by atoms with Crippen LogP contribution in [0.4, 0.5) is 0 Å². The highest BCUT2D eigenvalue weighted by Crippen LogP contribution is 2.68. The fourth-order valence-electron chi connectivity index (χ4n) is 8.72. The molecule has 4 heteroatoms. The Hall–Kier alpha value is -0.610. The van der Waals surface area contributed by atoms with Crippen molar-refractivity contribution >= 4 is 5.97 Å². The Morgan fingerprint density at radius 3 is 2.43 bits per heavy atom. The van der Waals surface area contributed by atoms with Crippen molar-refractivity contribution < 1.29 is 20.1 Å². The maximum atomic E-state index is 11.2. The van der Waals surface area contributed by atoms with Crippen molar-refractivity contribution in [2.24, 2.45) is 46.3 Å². The van der Waals surface area contributed by atoms with Crippen molar-refractivity contribution in [1.82, 2.24) is 0 Å². The van der Waals surface area contributed by atoms with Crippen LogP contribution in [0.3, 0.4) is 0 Å². The molecule has 4 rings (SSSR count). The van der Waals surface area contributed by atoms with Crippen LogP contribution in [0, 0.1) is 46.3 Å². The van der Waals surface area contributed by atoms with Crippen LogP contribution in [-0.4, -0.2) is 28.4 Å². The number of hydrogen-bond donors (Lipinski definition) is 2. The van der Waals surface area contributed by atoms with Gasteiger partial charge in [0.25, 0.3) is 0 Å². The summed E-state index contributed by atoms with van der Waals surface area (Å²) in [7, 11) is 0. The zero-order chi connectivity index (χ0) is 20.3. The number of fused-ring (bicyclic) bond motifs is 5. The molecule has 10 atom stereocenters. The van der Waals surface area contributed by atoms with E-state index < -0.39 is 5.97 Å². The number of hydrogen-bond acceptors (Lipinski definition) is 4. The lowest BCUT2D eigenvalue weighted by atomic mass is 9.43. The molecule has 160 valence electrons. The number of carbonyl (C=O) groups excluding carboxylic acids is 1. The number of carbonyl (C=O) groups is 1. The van der Waals surface area contributed by atoms with Crippen LogP contribution in [0.5, 0.6) is 0 Å². The summed E-state index contributed by atoms with van der Waals surface area (Å²) in [5.41, 5.74) is 0.494. The molecule has 2 N–H and O–H groups in total. The van der Waals surface area contributed by atoms with Gasteiger partial charge in [-0.05, 0) is 111 Å². The Balaban J connectivity index is 1.55. The summed E-state index contributed by atoms with van der Waals surface area (Å²) in [5, 5.41) is 32.4. The molecule has 0 amide bonds. The Bertz CT molecular complexity index is 605. The summed E-state index contributed by atoms with van der Waals surface area (Å²) in [6.45, 7) is 7.11. The van der Waals surface area contributed by atoms with Gasteiger partial charge in [0.1, 0.15) is 0 Å². The zero-order valence-corrected chi connectivity index (χ0v) is 17.9. The molecule has 4 aliphatic rings. The molecule has 0 aliphatic heterocycles. The van der Waals surface area contributed by atoms with E-state index >= 15 is 0 Å². The highest BCUT2D eigenvalue weighted by atomic mass is 16.4. The van der Waals surface area contributed by atoms with Gasteiger partial charge in [-0.15, -0.1) is 0 Å². The van der Waals surface area contributed by atoms with Gasteiger partial charge in [0.2, 0.25) is 0 Å². The predicted octanol–water partition coefficient (Wildman–Crippen LogP) is 3.14. The molecule has 28 heavy (non-hydrogen) atoms. The van der Waals surface area contributed by atoms with Crippen LogP contribution in [0.15, 0.2) is 0 Å². The Morgan fingerprint density at radius 2 is 1.71 bits per heavy atom. The smallest absolute Gasteiger partial charge is 0.0577 e. The number of aliphatic hydroxyl groups is 2. The number of aliphatic carboxylic acids is 1. The second-order valence-corrected chi connectivity index (χ2v) is 11.3. The molecular formula is C24H39O4-. The maximum Gasteiger partial charge on any atom is 0.0577 e. The van der Waals surface area contributed by atoms with E-state index in [0.717, 1.165) is 25.7 Å². The van der Waals surface area contributed by atoms with Crippen LogP contribution >= 0.6 is 0 Å². The molecule has 0 unspecified atom stereocenters. The van der Waals surface area contributed by atoms with E-state index in [1.807, 2.05) is 0 Å². The van der Waals surface area contributed by atoms with E-state index in [1.165, 1.54) is 25.7 Å². The molecule has 0 aromatic rings. The molecule has 4 fully saturated rings. The van der Waals surface area contributed by atoms with Gasteiger partial charge in [-0.3, -0.25) is 0 Å². The van der Waals surface area contributed by atoms with Gasteiger partial charge in [-0.25, -0.2) is 0 Å². The lowest BCUT2D eigenvalue weighted by Crippen LogP contribution is -2.58. The van der Waals surface area contributed by atoms with Gasteiger partial charge < -0.3 is 20.1 Å². The molecule has 0 spiro atoms. The minimum absolute atomic E-state index is 0.162. The molecular weight excluding hydrogens is 352 g/mol. The molecule has 4 saturated carbocycles. The summed E-state index contributed by atoms with van der Waals surface area (Å²) in [6, 6.07) is 0. The summed E-state index contributed by atoms with van der Waals surface area (Å²) in [4.78, 5) is 10.9. The molecule has 0 bridgehead atoms. The first kappa shape index (κ1) is 20.7. The van der Waals surface area contributed by atoms with E-state index in [9.17, 15) is 20.1 Å². The first-order valence-electron chi connectivity index (χ1n) is 11.7. The number of carboxylic acids is 1. The van der Waals surface area contributed by atoms with Crippen molar-refractivity contribution in [1.29, 1.82) is 0 Å². The quantitative estimate of drug-likeness (QED) is 0.771. The topological polar surface area (TPSA) is 80.6 Å². The van der Waals surface area contributed by atoms with Crippen molar-refractivity contribution in [3.05, 3.63) is 0 Å². The average Bonchev–Trinajstić information content (AvgIpc) is 2.98. The van der Waals surface area contributed by atoms with Crippen molar-refractivity contribution in [3.63, 3.8) is 0 Å². The Kier molecular flexibility index (Phi) is 5.36. The van der Waals surface area contributed by atoms with Crippen LogP contribution < -0.4 is 5.11 Å². The van der Waals surface area contributed by atoms with Gasteiger partial charge in [0, 0.05) is 5.97 Å². The summed E-state index contributed by atoms with van der Waals surface area (Å²) in [5.74, 6) is 1.99. The second-order valence-electron chi connectivity index (χ2n) is 11.3. The standard InChI is InChI=1S/C24H40O4/c1-14(4-7-21(27)28)17-5-6-18-22-19(9-11-24(17,18)3)23(2)10-8-16(25)12-15(23)13-20(22)26/h14-20,22,25-26H,4-13H2,1-3H3,(H,27,28)/p-1/t14-,15+,16-,17+,18-,19+,20+,22+,23-,24+/m0/s1. The number of aliphatic hydroxyl groups excluding tert-OH is 2. The lowest BCUT2D eigenvalue weighted by molar-refractivity contribution is -0.306. The first-order chi connectivity index (χ1) is 13.2. The molecule has 0 saturated heterocycles. The largest absolute Gasteiger partial charge is 0.550 e. The van der Waals surface area contributed by atoms with Gasteiger partial charge in [0.15, 0.2) is 0 Å². The van der Waals surface area contributed by atoms with Gasteiger partial charge in [-0.2, -0.15) is 0 Å². The van der Waals surface area contributed by atoms with Crippen molar-refractivity contribution in [2.45, 2.75) is 97.2 Å². The number of carboxylic acid groups (broad SMARTS) is 1. The lowest BCUT2D eigenvalue weighted by Gasteiger charge is -2.62. The third-order valence-corrected chi connectivity index (χ3v) is 10.2. The van der Waals surface area contributed by atoms with E-state index in [1.54, 1.807) is 0 Å². The second kappa shape index (κ2) is 7.27. The summed E-state index contributed by atoms with van der Waals surface area (Å²) >= 11 is 0. The fraction of sp³-hybridized carbons (Fsp3) is 0.958. The van der Waals surface area contributed by atoms with Gasteiger partial charge >= 0.3 is 0 Å². The predicted molar refractivity (Wildman–Crippen MR) is 106 cm³/mol. The minimum Gasteiger partial charge on any atom is -0.550 e. The molecule has 0 aromatic carbocycles. The van der Waals surface area contributed by atoms with Crippen molar-refractivity contribution in [3.8, 4) is 0 Å². The Morgan fingerprint density at radius 1 is 1.04 bits per heavy atom. The van der Waals surface area contributed by atoms with Crippen LogP contribution in [-0.2, 0) is 4.79 Å². The monoisotopic (exact) mass is 391 g/mol. The molecule has 0 aromatic heterocycles. The minimum atomic E-state index is -0.934. The maximum absolute atomic E-state index is 11.2. The van der Waals surface area contributed by atoms with E-state index in [-0.39, 0.29) is 29.5 Å². The average molecular weight is 392 g/mol. The normalized spacial score (nSPS) is 51.7. The fourth-order valence-corrected chi connectivity index (χ4v) is 8.72. The summed E-state index contributed by atoms with van der Waals surface area (Å²) < 4.78 is 0. The van der Waals surface area contributed by atoms with Crippen LogP contribution in [0.25, 0.3) is 0 Å². The highest BCUT2D eigenvalue weighted by Gasteiger charge is 2.62. The van der Waals surface area contributed by atoms with Gasteiger partial charge in [0.05, 0.1) is 12.2 Å². The molecule has 4 aliphatic carbocycles. The van der Waals surface area contributed by atoms with Crippen LogP contribution in [0.1, 0.15) is 85.0 Å².